The Morgan fingerprint density at radius 1 is 1.35 bits per heavy atom. The van der Waals surface area contributed by atoms with E-state index >= 15 is 0 Å². The molecule has 6 nitrogen and oxygen atoms in total. The largest absolute Gasteiger partial charge is 0.481 e. The van der Waals surface area contributed by atoms with Crippen LogP contribution in [-0.2, 0) is 4.79 Å². The number of urea groups is 1. The number of hydrogen-bond donors (Lipinski definition) is 2. The Morgan fingerprint density at radius 2 is 2.15 bits per heavy atom. The maximum atomic E-state index is 12.0. The van der Waals surface area contributed by atoms with Crippen molar-refractivity contribution in [2.24, 2.45) is 0 Å². The number of aliphatic carboxylic acids is 1. The smallest absolute Gasteiger partial charge is 0.321 e. The third-order valence-electron chi connectivity index (χ3n) is 2.93. The molecule has 0 saturated carbocycles. The highest BCUT2D eigenvalue weighted by atomic mass is 16.4. The van der Waals surface area contributed by atoms with Crippen LogP contribution in [0.4, 0.5) is 10.5 Å². The average molecular weight is 273 g/mol. The molecule has 0 saturated heterocycles. The van der Waals surface area contributed by atoms with Gasteiger partial charge in [0.15, 0.2) is 0 Å². The van der Waals surface area contributed by atoms with Gasteiger partial charge in [0.2, 0.25) is 0 Å². The fraction of sp³-hybridized carbons (Fsp3) is 0.214. The Balaban J connectivity index is 2.12. The highest BCUT2D eigenvalue weighted by molar-refractivity contribution is 6.01. The number of benzene rings is 1. The highest BCUT2D eigenvalue weighted by Gasteiger charge is 2.11. The van der Waals surface area contributed by atoms with Crippen molar-refractivity contribution < 1.29 is 14.7 Å². The van der Waals surface area contributed by atoms with E-state index in [4.69, 9.17) is 5.11 Å². The molecule has 0 unspecified atom stereocenters. The normalized spacial score (nSPS) is 10.2. The second kappa shape index (κ2) is 6.01. The molecule has 0 radical (unpaired) electrons. The Bertz CT molecular complexity index is 637. The van der Waals surface area contributed by atoms with E-state index < -0.39 is 5.97 Å². The molecular formula is C14H15N3O3. The summed E-state index contributed by atoms with van der Waals surface area (Å²) in [5, 5.41) is 13.2. The number of carboxylic acid groups (broad SMARTS) is 1. The van der Waals surface area contributed by atoms with Crippen molar-refractivity contribution in [3.05, 3.63) is 36.7 Å². The topological polar surface area (TPSA) is 82.5 Å². The minimum atomic E-state index is -0.930. The molecule has 1 heterocycles. The molecule has 6 heteroatoms. The van der Waals surface area contributed by atoms with E-state index in [-0.39, 0.29) is 19.0 Å². The molecule has 0 aliphatic heterocycles. The molecule has 0 fully saturated rings. The number of hydrogen-bond acceptors (Lipinski definition) is 3. The lowest BCUT2D eigenvalue weighted by Gasteiger charge is -2.17. The molecular weight excluding hydrogens is 258 g/mol. The lowest BCUT2D eigenvalue weighted by molar-refractivity contribution is -0.137. The Labute approximate surface area is 116 Å². The number of carboxylic acids is 1. The van der Waals surface area contributed by atoms with Gasteiger partial charge >= 0.3 is 12.0 Å². The zero-order chi connectivity index (χ0) is 14.5. The summed E-state index contributed by atoms with van der Waals surface area (Å²) in [7, 11) is 1.56. The molecule has 1 aromatic carbocycles. The monoisotopic (exact) mass is 273 g/mol. The van der Waals surface area contributed by atoms with Crippen molar-refractivity contribution in [1.82, 2.24) is 9.88 Å². The van der Waals surface area contributed by atoms with Crippen molar-refractivity contribution in [1.29, 1.82) is 0 Å². The Hall–Kier alpha value is -2.63. The molecule has 0 atom stereocenters. The van der Waals surface area contributed by atoms with Gasteiger partial charge in [-0.2, -0.15) is 0 Å². The van der Waals surface area contributed by atoms with Crippen LogP contribution in [0.5, 0.6) is 0 Å². The molecule has 2 aromatic rings. The first kappa shape index (κ1) is 13.8. The lowest BCUT2D eigenvalue weighted by Crippen LogP contribution is -2.33. The molecule has 1 aromatic heterocycles. The first-order valence-electron chi connectivity index (χ1n) is 6.14. The predicted octanol–water partition coefficient (Wildman–Crippen LogP) is 2.17. The zero-order valence-electron chi connectivity index (χ0n) is 11.0. The van der Waals surface area contributed by atoms with Crippen LogP contribution in [0.15, 0.2) is 36.7 Å². The second-order valence-electron chi connectivity index (χ2n) is 4.40. The van der Waals surface area contributed by atoms with E-state index in [1.165, 1.54) is 4.90 Å². The molecule has 0 bridgehead atoms. The molecule has 2 rings (SSSR count). The number of aromatic nitrogens is 1. The summed E-state index contributed by atoms with van der Waals surface area (Å²) in [6, 6.07) is 7.02. The first-order valence-corrected chi connectivity index (χ1v) is 6.14. The van der Waals surface area contributed by atoms with Crippen LogP contribution in [0.2, 0.25) is 0 Å². The minimum Gasteiger partial charge on any atom is -0.481 e. The SMILES string of the molecule is CN(CCC(=O)O)C(=O)Nc1cccc2cnccc12. The number of nitrogens with one attached hydrogen (secondary N) is 1. The van der Waals surface area contributed by atoms with Crippen molar-refractivity contribution in [2.75, 3.05) is 18.9 Å². The van der Waals surface area contributed by atoms with E-state index in [9.17, 15) is 9.59 Å². The third-order valence-corrected chi connectivity index (χ3v) is 2.93. The van der Waals surface area contributed by atoms with Gasteiger partial charge in [0, 0.05) is 36.8 Å². The number of fused-ring (bicyclic) bond motifs is 1. The van der Waals surface area contributed by atoms with Crippen LogP contribution in [0.25, 0.3) is 10.8 Å². The number of nitrogens with zero attached hydrogens (tertiary/aromatic N) is 2. The molecule has 0 aliphatic carbocycles. The van der Waals surface area contributed by atoms with E-state index in [1.807, 2.05) is 18.2 Å². The Kier molecular flexibility index (Phi) is 4.14. The molecule has 0 aliphatic rings. The summed E-state index contributed by atoms with van der Waals surface area (Å²) < 4.78 is 0. The molecule has 2 amide bonds. The van der Waals surface area contributed by atoms with Gasteiger partial charge in [-0.05, 0) is 12.1 Å². The van der Waals surface area contributed by atoms with E-state index in [0.29, 0.717) is 5.69 Å². The van der Waals surface area contributed by atoms with Crippen LogP contribution in [0, 0.1) is 0 Å². The van der Waals surface area contributed by atoms with Crippen LogP contribution in [0.1, 0.15) is 6.42 Å². The van der Waals surface area contributed by atoms with E-state index in [1.54, 1.807) is 25.5 Å². The van der Waals surface area contributed by atoms with Gasteiger partial charge in [-0.3, -0.25) is 9.78 Å². The van der Waals surface area contributed by atoms with Crippen molar-refractivity contribution in [3.63, 3.8) is 0 Å². The summed E-state index contributed by atoms with van der Waals surface area (Å²) in [4.78, 5) is 27.8. The maximum absolute atomic E-state index is 12.0. The molecule has 20 heavy (non-hydrogen) atoms. The van der Waals surface area contributed by atoms with Crippen LogP contribution in [-0.4, -0.2) is 40.6 Å². The molecule has 2 N–H and O–H groups in total. The zero-order valence-corrected chi connectivity index (χ0v) is 11.0. The number of carbonyl (C=O) groups excluding carboxylic acids is 1. The van der Waals surface area contributed by atoms with Gasteiger partial charge in [0.05, 0.1) is 12.1 Å². The van der Waals surface area contributed by atoms with E-state index in [0.717, 1.165) is 10.8 Å². The molecule has 0 spiro atoms. The van der Waals surface area contributed by atoms with Crippen LogP contribution in [0.3, 0.4) is 0 Å². The van der Waals surface area contributed by atoms with Crippen LogP contribution >= 0.6 is 0 Å². The summed E-state index contributed by atoms with van der Waals surface area (Å²) in [5.74, 6) is -0.930. The Morgan fingerprint density at radius 3 is 2.90 bits per heavy atom. The van der Waals surface area contributed by atoms with Gasteiger partial charge in [0.1, 0.15) is 0 Å². The summed E-state index contributed by atoms with van der Waals surface area (Å²) in [6.45, 7) is 0.160. The predicted molar refractivity (Wildman–Crippen MR) is 75.6 cm³/mol. The lowest BCUT2D eigenvalue weighted by atomic mass is 10.1. The molecule has 104 valence electrons. The van der Waals surface area contributed by atoms with Gasteiger partial charge in [0.25, 0.3) is 0 Å². The van der Waals surface area contributed by atoms with Crippen molar-refractivity contribution >= 4 is 28.5 Å². The number of anilines is 1. The van der Waals surface area contributed by atoms with Crippen molar-refractivity contribution in [2.45, 2.75) is 6.42 Å². The van der Waals surface area contributed by atoms with Gasteiger partial charge in [-0.15, -0.1) is 0 Å². The fourth-order valence-electron chi connectivity index (χ4n) is 1.81. The fourth-order valence-corrected chi connectivity index (χ4v) is 1.81. The number of pyridine rings is 1. The third kappa shape index (κ3) is 3.23. The van der Waals surface area contributed by atoms with E-state index in [2.05, 4.69) is 10.3 Å². The number of amides is 2. The number of carbonyl (C=O) groups is 2. The minimum absolute atomic E-state index is 0.0800. The average Bonchev–Trinajstić information content (AvgIpc) is 2.45. The standard InChI is InChI=1S/C14H15N3O3/c1-17(8-6-13(18)19)14(20)16-12-4-2-3-10-9-15-7-5-11(10)12/h2-5,7,9H,6,8H2,1H3,(H,16,20)(H,18,19). The van der Waals surface area contributed by atoms with Gasteiger partial charge in [-0.1, -0.05) is 12.1 Å². The maximum Gasteiger partial charge on any atom is 0.321 e. The second-order valence-corrected chi connectivity index (χ2v) is 4.40. The summed E-state index contributed by atoms with van der Waals surface area (Å²) in [6.07, 6.45) is 3.30. The van der Waals surface area contributed by atoms with Gasteiger partial charge in [-0.25, -0.2) is 4.79 Å². The summed E-state index contributed by atoms with van der Waals surface area (Å²) >= 11 is 0. The van der Waals surface area contributed by atoms with Crippen LogP contribution < -0.4 is 5.32 Å². The first-order chi connectivity index (χ1) is 9.58. The highest BCUT2D eigenvalue weighted by Crippen LogP contribution is 2.22. The quantitative estimate of drug-likeness (QED) is 0.894. The number of rotatable bonds is 4. The summed E-state index contributed by atoms with van der Waals surface area (Å²) in [5.41, 5.74) is 0.678. The van der Waals surface area contributed by atoms with Crippen molar-refractivity contribution in [3.8, 4) is 0 Å². The van der Waals surface area contributed by atoms with Gasteiger partial charge < -0.3 is 15.3 Å².